The molecule has 1 saturated heterocycles. The Bertz CT molecular complexity index is 696. The highest BCUT2D eigenvalue weighted by Crippen LogP contribution is 2.52. The summed E-state index contributed by atoms with van der Waals surface area (Å²) in [6.07, 6.45) is -0.288. The van der Waals surface area contributed by atoms with Gasteiger partial charge in [-0.25, -0.2) is 5.43 Å². The maximum Gasteiger partial charge on any atom is 0.200 e. The Balaban J connectivity index is 2.33. The lowest BCUT2D eigenvalue weighted by Crippen LogP contribution is -2.54. The summed E-state index contributed by atoms with van der Waals surface area (Å²) in [4.78, 5) is 0. The number of nitriles is 1. The molecule has 1 aromatic carbocycles. The molecule has 2 aliphatic rings. The SMILES string of the molecule is CC1NNC2OC(N)=C(C#N)C(c3cccc(Cl)c3)(C(C)C)C12. The molecule has 0 radical (unpaired) electrons. The first-order valence-electron chi connectivity index (χ1n) is 7.77. The van der Waals surface area contributed by atoms with Crippen molar-refractivity contribution in [3.8, 4) is 6.07 Å². The first-order valence-corrected chi connectivity index (χ1v) is 8.14. The molecule has 0 saturated carbocycles. The molecule has 3 rings (SSSR count). The minimum atomic E-state index is -0.567. The number of nitrogens with two attached hydrogens (primary N) is 1. The first kappa shape index (κ1) is 16.1. The Morgan fingerprint density at radius 2 is 2.13 bits per heavy atom. The number of fused-ring (bicyclic) bond motifs is 1. The normalized spacial score (nSPS) is 33.3. The van der Waals surface area contributed by atoms with E-state index >= 15 is 0 Å². The zero-order valence-electron chi connectivity index (χ0n) is 13.4. The van der Waals surface area contributed by atoms with Gasteiger partial charge in [-0.3, -0.25) is 5.43 Å². The molecule has 0 bridgehead atoms. The van der Waals surface area contributed by atoms with Crippen molar-refractivity contribution in [2.45, 2.75) is 38.5 Å². The van der Waals surface area contributed by atoms with E-state index in [-0.39, 0.29) is 30.0 Å². The Kier molecular flexibility index (Phi) is 4.01. The van der Waals surface area contributed by atoms with Crippen molar-refractivity contribution >= 4 is 11.6 Å². The maximum absolute atomic E-state index is 9.84. The molecular formula is C17H21ClN4O. The highest BCUT2D eigenvalue weighted by molar-refractivity contribution is 6.30. The molecule has 1 aromatic rings. The zero-order valence-corrected chi connectivity index (χ0v) is 14.2. The van der Waals surface area contributed by atoms with Crippen LogP contribution in [0.3, 0.4) is 0 Å². The third kappa shape index (κ3) is 2.21. The van der Waals surface area contributed by atoms with Crippen LogP contribution in [0.25, 0.3) is 0 Å². The summed E-state index contributed by atoms with van der Waals surface area (Å²) in [6, 6.07) is 10.1. The van der Waals surface area contributed by atoms with Crippen LogP contribution in [0.4, 0.5) is 0 Å². The second kappa shape index (κ2) is 5.72. The number of nitrogens with one attached hydrogen (secondary N) is 2. The van der Waals surface area contributed by atoms with Crippen molar-refractivity contribution in [1.82, 2.24) is 10.9 Å². The molecular weight excluding hydrogens is 312 g/mol. The van der Waals surface area contributed by atoms with Crippen molar-refractivity contribution in [3.63, 3.8) is 0 Å². The number of hydrogen-bond acceptors (Lipinski definition) is 5. The van der Waals surface area contributed by atoms with E-state index in [1.165, 1.54) is 0 Å². The number of hydrazine groups is 1. The summed E-state index contributed by atoms with van der Waals surface area (Å²) >= 11 is 6.24. The molecule has 4 atom stereocenters. The van der Waals surface area contributed by atoms with E-state index in [0.29, 0.717) is 10.6 Å². The molecule has 4 N–H and O–H groups in total. The van der Waals surface area contributed by atoms with Gasteiger partial charge in [-0.2, -0.15) is 5.26 Å². The quantitative estimate of drug-likeness (QED) is 0.774. The number of halogens is 1. The summed E-state index contributed by atoms with van der Waals surface area (Å²) in [5.74, 6) is 0.337. The van der Waals surface area contributed by atoms with E-state index in [2.05, 4.69) is 37.7 Å². The molecule has 23 heavy (non-hydrogen) atoms. The van der Waals surface area contributed by atoms with Gasteiger partial charge in [0.25, 0.3) is 0 Å². The summed E-state index contributed by atoms with van der Waals surface area (Å²) in [5.41, 5.74) is 13.4. The maximum atomic E-state index is 9.84. The lowest BCUT2D eigenvalue weighted by molar-refractivity contribution is -0.00380. The predicted molar refractivity (Wildman–Crippen MR) is 88.9 cm³/mol. The van der Waals surface area contributed by atoms with E-state index in [1.54, 1.807) is 0 Å². The second-order valence-corrected chi connectivity index (χ2v) is 6.96. The van der Waals surface area contributed by atoms with Crippen molar-refractivity contribution in [2.75, 3.05) is 0 Å². The van der Waals surface area contributed by atoms with Crippen LogP contribution < -0.4 is 16.6 Å². The van der Waals surface area contributed by atoms with Gasteiger partial charge >= 0.3 is 0 Å². The fraction of sp³-hybridized carbons (Fsp3) is 0.471. The number of rotatable bonds is 2. The number of hydrogen-bond donors (Lipinski definition) is 3. The smallest absolute Gasteiger partial charge is 0.200 e. The average molecular weight is 333 g/mol. The van der Waals surface area contributed by atoms with Crippen LogP contribution in [0.2, 0.25) is 5.02 Å². The topological polar surface area (TPSA) is 83.1 Å². The molecule has 6 heteroatoms. The lowest BCUT2D eigenvalue weighted by atomic mass is 9.57. The molecule has 4 unspecified atom stereocenters. The number of allylic oxidation sites excluding steroid dienone is 1. The Morgan fingerprint density at radius 3 is 2.74 bits per heavy atom. The van der Waals surface area contributed by atoms with Gasteiger partial charge in [-0.15, -0.1) is 0 Å². The van der Waals surface area contributed by atoms with E-state index < -0.39 is 5.41 Å². The summed E-state index contributed by atoms with van der Waals surface area (Å²) in [5, 5.41) is 10.5. The van der Waals surface area contributed by atoms with Crippen LogP contribution in [-0.4, -0.2) is 12.3 Å². The lowest BCUT2D eigenvalue weighted by Gasteiger charge is -2.48. The van der Waals surface area contributed by atoms with Gasteiger partial charge in [0.1, 0.15) is 11.6 Å². The van der Waals surface area contributed by atoms with Crippen LogP contribution in [0.1, 0.15) is 26.3 Å². The molecule has 0 aromatic heterocycles. The Morgan fingerprint density at radius 1 is 1.39 bits per heavy atom. The van der Waals surface area contributed by atoms with Crippen LogP contribution in [0.15, 0.2) is 35.7 Å². The molecule has 1 fully saturated rings. The number of ether oxygens (including phenoxy) is 1. The van der Waals surface area contributed by atoms with Gasteiger partial charge in [0.15, 0.2) is 6.23 Å². The van der Waals surface area contributed by atoms with Crippen LogP contribution in [0.5, 0.6) is 0 Å². The predicted octanol–water partition coefficient (Wildman–Crippen LogP) is 2.40. The molecule has 5 nitrogen and oxygen atoms in total. The molecule has 0 aliphatic carbocycles. The van der Waals surface area contributed by atoms with Crippen LogP contribution >= 0.6 is 11.6 Å². The van der Waals surface area contributed by atoms with Gasteiger partial charge < -0.3 is 10.5 Å². The molecule has 0 spiro atoms. The third-order valence-electron chi connectivity index (χ3n) is 5.08. The fourth-order valence-electron chi connectivity index (χ4n) is 4.19. The summed E-state index contributed by atoms with van der Waals surface area (Å²) in [6.45, 7) is 6.30. The van der Waals surface area contributed by atoms with Gasteiger partial charge in [0.2, 0.25) is 5.88 Å². The standard InChI is InChI=1S/C17H21ClN4O/c1-9(2)17(11-5-4-6-12(18)7-11)13(8-19)15(20)23-16-14(17)10(3)21-22-16/h4-7,9-10,14,16,21-22H,20H2,1-3H3. The monoisotopic (exact) mass is 332 g/mol. The number of benzene rings is 1. The minimum Gasteiger partial charge on any atom is -0.458 e. The van der Waals surface area contributed by atoms with Crippen molar-refractivity contribution < 1.29 is 4.74 Å². The average Bonchev–Trinajstić information content (AvgIpc) is 2.86. The van der Waals surface area contributed by atoms with Gasteiger partial charge in [0.05, 0.1) is 0 Å². The largest absolute Gasteiger partial charge is 0.458 e. The van der Waals surface area contributed by atoms with E-state index in [9.17, 15) is 5.26 Å². The third-order valence-corrected chi connectivity index (χ3v) is 5.32. The number of nitrogens with zero attached hydrogens (tertiary/aromatic N) is 1. The molecule has 122 valence electrons. The van der Waals surface area contributed by atoms with E-state index in [1.807, 2.05) is 24.3 Å². The highest BCUT2D eigenvalue weighted by Gasteiger charge is 2.58. The Hall–Kier alpha value is -1.74. The van der Waals surface area contributed by atoms with Crippen LogP contribution in [-0.2, 0) is 10.2 Å². The van der Waals surface area contributed by atoms with Crippen molar-refractivity contribution in [1.29, 1.82) is 5.26 Å². The van der Waals surface area contributed by atoms with Crippen molar-refractivity contribution in [3.05, 3.63) is 46.3 Å². The van der Waals surface area contributed by atoms with E-state index in [4.69, 9.17) is 22.1 Å². The summed E-state index contributed by atoms with van der Waals surface area (Å²) in [7, 11) is 0. The Labute approximate surface area is 141 Å². The van der Waals surface area contributed by atoms with E-state index in [0.717, 1.165) is 5.56 Å². The van der Waals surface area contributed by atoms with Gasteiger partial charge in [-0.1, -0.05) is 37.6 Å². The first-order chi connectivity index (χ1) is 10.9. The minimum absolute atomic E-state index is 0.0166. The fourth-order valence-corrected chi connectivity index (χ4v) is 4.38. The molecule has 2 heterocycles. The highest BCUT2D eigenvalue weighted by atomic mass is 35.5. The second-order valence-electron chi connectivity index (χ2n) is 6.53. The molecule has 0 amide bonds. The van der Waals surface area contributed by atoms with Gasteiger partial charge in [-0.05, 0) is 30.5 Å². The van der Waals surface area contributed by atoms with Gasteiger partial charge in [0, 0.05) is 22.4 Å². The van der Waals surface area contributed by atoms with Crippen molar-refractivity contribution in [2.24, 2.45) is 17.6 Å². The van der Waals surface area contributed by atoms with Crippen LogP contribution in [0, 0.1) is 23.2 Å². The molecule has 2 aliphatic heterocycles. The zero-order chi connectivity index (χ0) is 16.8. The summed E-state index contributed by atoms with van der Waals surface area (Å²) < 4.78 is 5.77.